The van der Waals surface area contributed by atoms with Crippen LogP contribution >= 0.6 is 46.5 Å². The third kappa shape index (κ3) is 8.78. The molecule has 10 heteroatoms. The van der Waals surface area contributed by atoms with E-state index in [-0.39, 0.29) is 5.82 Å². The van der Waals surface area contributed by atoms with Gasteiger partial charge < -0.3 is 10.6 Å². The second kappa shape index (κ2) is 16.0. The van der Waals surface area contributed by atoms with Gasteiger partial charge in [-0.25, -0.2) is 20.2 Å². The van der Waals surface area contributed by atoms with E-state index in [4.69, 9.17) is 11.6 Å². The predicted octanol–water partition coefficient (Wildman–Crippen LogP) is 6.14. The van der Waals surface area contributed by atoms with Crippen LogP contribution in [0.2, 0.25) is 0 Å². The van der Waals surface area contributed by atoms with Crippen molar-refractivity contribution in [3.05, 3.63) is 69.9 Å². The Hall–Kier alpha value is -1.65. The van der Waals surface area contributed by atoms with Gasteiger partial charge in [-0.1, -0.05) is 38.3 Å². The molecule has 172 valence electrons. The summed E-state index contributed by atoms with van der Waals surface area (Å²) >= 11 is 9.01. The van der Waals surface area contributed by atoms with Gasteiger partial charge in [0.05, 0.1) is 5.56 Å². The van der Waals surface area contributed by atoms with E-state index in [1.165, 1.54) is 46.6 Å². The van der Waals surface area contributed by atoms with Gasteiger partial charge in [0.2, 0.25) is 0 Å². The highest BCUT2D eigenvalue weighted by Gasteiger charge is 2.26. The molecule has 0 saturated carbocycles. The number of halogens is 2. The lowest BCUT2D eigenvalue weighted by molar-refractivity contribution is 0.619. The van der Waals surface area contributed by atoms with Crippen LogP contribution < -0.4 is 16.6 Å². The first-order valence-electron chi connectivity index (χ1n) is 9.22. The summed E-state index contributed by atoms with van der Waals surface area (Å²) in [5.74, 6) is 7.12. The van der Waals surface area contributed by atoms with Crippen LogP contribution in [0.15, 0.2) is 68.4 Å². The van der Waals surface area contributed by atoms with E-state index >= 15 is 0 Å². The first kappa shape index (κ1) is 29.4. The molecule has 0 spiro atoms. The SMILES string of the molecule is C=CSC.CC.CCl.CN(C)C1=N/C(=C(/N)Sc2cccc(F)c2)N(N)c2sccc21. The first-order chi connectivity index (χ1) is 14.9. The van der Waals surface area contributed by atoms with E-state index in [1.54, 1.807) is 29.3 Å². The van der Waals surface area contributed by atoms with Gasteiger partial charge in [-0.2, -0.15) is 0 Å². The lowest BCUT2D eigenvalue weighted by Gasteiger charge is -2.28. The number of rotatable bonds is 3. The van der Waals surface area contributed by atoms with E-state index in [0.29, 0.717) is 15.7 Å². The Bertz CT molecular complexity index is 868. The van der Waals surface area contributed by atoms with Gasteiger partial charge in [-0.3, -0.25) is 0 Å². The zero-order valence-corrected chi connectivity index (χ0v) is 21.9. The highest BCUT2D eigenvalue weighted by molar-refractivity contribution is 8.03. The molecule has 2 heterocycles. The van der Waals surface area contributed by atoms with Crippen molar-refractivity contribution < 1.29 is 4.39 Å². The number of hydrazine groups is 1. The summed E-state index contributed by atoms with van der Waals surface area (Å²) < 4.78 is 13.3. The molecule has 1 aromatic heterocycles. The maximum atomic E-state index is 13.3. The number of thioether (sulfide) groups is 2. The standard InChI is InChI=1S/C15H16FN5S2.C3H6S.C2H6.CH3Cl/c1-20(2)13-11-6-7-22-15(11)21(18)14(19-13)12(17)23-10-5-3-4-9(16)8-10;1-3-4-2;2*1-2/h3-8H,17-18H2,1-2H3;3H,1H2,2H3;1-2H3;1H3/b14-12+;;;. The zero-order chi connectivity index (χ0) is 24.0. The molecule has 0 bridgehead atoms. The number of nitrogens with two attached hydrogens (primary N) is 2. The molecule has 1 aliphatic heterocycles. The van der Waals surface area contributed by atoms with Crippen LogP contribution in [0.4, 0.5) is 9.39 Å². The monoisotopic (exact) mass is 503 g/mol. The highest BCUT2D eigenvalue weighted by Crippen LogP contribution is 2.36. The molecule has 1 aliphatic rings. The van der Waals surface area contributed by atoms with Crippen molar-refractivity contribution >= 4 is 57.3 Å². The molecule has 0 radical (unpaired) electrons. The van der Waals surface area contributed by atoms with Crippen molar-refractivity contribution in [2.45, 2.75) is 18.7 Å². The molecule has 0 fully saturated rings. The second-order valence-corrected chi connectivity index (χ2v) is 8.30. The number of benzene rings is 1. The summed E-state index contributed by atoms with van der Waals surface area (Å²) in [4.78, 5) is 7.20. The fraction of sp³-hybridized carbons (Fsp3) is 0.286. The number of thiophene rings is 1. The van der Waals surface area contributed by atoms with E-state index in [9.17, 15) is 4.39 Å². The third-order valence-electron chi connectivity index (χ3n) is 3.38. The molecule has 3 rings (SSSR count). The minimum absolute atomic E-state index is 0.306. The van der Waals surface area contributed by atoms with Crippen LogP contribution in [-0.4, -0.2) is 37.5 Å². The zero-order valence-electron chi connectivity index (χ0n) is 18.7. The summed E-state index contributed by atoms with van der Waals surface area (Å²) in [6.45, 7) is 7.44. The van der Waals surface area contributed by atoms with Crippen molar-refractivity contribution in [2.75, 3.05) is 31.7 Å². The maximum Gasteiger partial charge on any atom is 0.180 e. The molecule has 31 heavy (non-hydrogen) atoms. The third-order valence-corrected chi connectivity index (χ3v) is 5.52. The Balaban J connectivity index is 0.000000992. The molecule has 0 amide bonds. The van der Waals surface area contributed by atoms with Gasteiger partial charge in [-0.15, -0.1) is 34.7 Å². The smallest absolute Gasteiger partial charge is 0.180 e. The normalized spacial score (nSPS) is 13.1. The topological polar surface area (TPSA) is 70.9 Å². The fourth-order valence-electron chi connectivity index (χ4n) is 2.19. The average molecular weight is 504 g/mol. The molecule has 0 saturated heterocycles. The van der Waals surface area contributed by atoms with E-state index in [0.717, 1.165) is 16.4 Å². The van der Waals surface area contributed by atoms with Crippen molar-refractivity contribution in [3.8, 4) is 0 Å². The molecular weight excluding hydrogens is 473 g/mol. The maximum absolute atomic E-state index is 13.3. The van der Waals surface area contributed by atoms with Gasteiger partial charge >= 0.3 is 0 Å². The number of amidine groups is 1. The number of nitrogens with zero attached hydrogens (tertiary/aromatic N) is 3. The van der Waals surface area contributed by atoms with Gasteiger partial charge in [0.1, 0.15) is 21.7 Å². The minimum Gasteiger partial charge on any atom is -0.390 e. The van der Waals surface area contributed by atoms with E-state index < -0.39 is 0 Å². The van der Waals surface area contributed by atoms with Gasteiger partial charge in [0.15, 0.2) is 5.82 Å². The molecule has 0 atom stereocenters. The molecule has 4 N–H and O–H groups in total. The number of anilines is 1. The Morgan fingerprint density at radius 2 is 1.90 bits per heavy atom. The molecule has 0 unspecified atom stereocenters. The number of hydrogen-bond acceptors (Lipinski definition) is 8. The molecule has 5 nitrogen and oxygen atoms in total. The Kier molecular flexibility index (Phi) is 15.2. The summed E-state index contributed by atoms with van der Waals surface area (Å²) in [7, 11) is 3.83. The fourth-order valence-corrected chi connectivity index (χ4v) is 3.81. The van der Waals surface area contributed by atoms with Gasteiger partial charge in [0.25, 0.3) is 0 Å². The average Bonchev–Trinajstić information content (AvgIpc) is 3.27. The predicted molar refractivity (Wildman–Crippen MR) is 142 cm³/mol. The molecule has 2 aromatic rings. The van der Waals surface area contributed by atoms with Crippen molar-refractivity contribution in [1.29, 1.82) is 0 Å². The number of alkyl halides is 1. The van der Waals surface area contributed by atoms with Crippen LogP contribution in [0, 0.1) is 5.82 Å². The van der Waals surface area contributed by atoms with Gasteiger partial charge in [0, 0.05) is 25.4 Å². The van der Waals surface area contributed by atoms with Crippen molar-refractivity contribution in [1.82, 2.24) is 4.90 Å². The number of hydrogen-bond donors (Lipinski definition) is 2. The summed E-state index contributed by atoms with van der Waals surface area (Å²) in [6.07, 6.45) is 3.45. The molecule has 0 aliphatic carbocycles. The second-order valence-electron chi connectivity index (χ2n) is 5.49. The quantitative estimate of drug-likeness (QED) is 0.298. The van der Waals surface area contributed by atoms with Crippen LogP contribution in [0.5, 0.6) is 0 Å². The molecule has 1 aromatic carbocycles. The molecular formula is C21H31ClFN5S3. The lowest BCUT2D eigenvalue weighted by Crippen LogP contribution is -2.38. The first-order valence-corrected chi connectivity index (χ1v) is 13.0. The van der Waals surface area contributed by atoms with Crippen LogP contribution in [-0.2, 0) is 0 Å². The van der Waals surface area contributed by atoms with Crippen molar-refractivity contribution in [3.63, 3.8) is 0 Å². The minimum atomic E-state index is -0.306. The number of aliphatic imine (C=N–C) groups is 1. The number of fused-ring (bicyclic) bond motifs is 1. The summed E-state index contributed by atoms with van der Waals surface area (Å²) in [5, 5.41) is 6.52. The van der Waals surface area contributed by atoms with Crippen LogP contribution in [0.3, 0.4) is 0 Å². The van der Waals surface area contributed by atoms with Crippen LogP contribution in [0.1, 0.15) is 19.4 Å². The van der Waals surface area contributed by atoms with Crippen LogP contribution in [0.25, 0.3) is 0 Å². The lowest BCUT2D eigenvalue weighted by atomic mass is 10.2. The largest absolute Gasteiger partial charge is 0.390 e. The Labute approximate surface area is 203 Å². The van der Waals surface area contributed by atoms with Gasteiger partial charge in [-0.05, 0) is 41.3 Å². The van der Waals surface area contributed by atoms with E-state index in [1.807, 2.05) is 50.5 Å². The van der Waals surface area contributed by atoms with Crippen molar-refractivity contribution in [2.24, 2.45) is 16.6 Å². The Morgan fingerprint density at radius 1 is 1.29 bits per heavy atom. The summed E-state index contributed by atoms with van der Waals surface area (Å²) in [6, 6.07) is 8.23. The Morgan fingerprint density at radius 3 is 2.42 bits per heavy atom. The van der Waals surface area contributed by atoms with E-state index in [2.05, 4.69) is 23.2 Å². The summed E-state index contributed by atoms with van der Waals surface area (Å²) in [5.41, 5.74) is 7.15. The highest BCUT2D eigenvalue weighted by atomic mass is 35.5.